The number of carbonyl (C=O) groups excluding carboxylic acids is 1. The molecule has 1 saturated heterocycles. The van der Waals surface area contributed by atoms with E-state index in [0.29, 0.717) is 5.69 Å². The summed E-state index contributed by atoms with van der Waals surface area (Å²) in [7, 11) is -3.14. The molecule has 0 bridgehead atoms. The first-order valence-corrected chi connectivity index (χ1v) is 11.5. The van der Waals surface area contributed by atoms with E-state index in [9.17, 15) is 22.0 Å². The van der Waals surface area contributed by atoms with Crippen molar-refractivity contribution >= 4 is 27.1 Å². The van der Waals surface area contributed by atoms with E-state index in [1.807, 2.05) is 13.8 Å². The highest BCUT2D eigenvalue weighted by Crippen LogP contribution is 2.25. The van der Waals surface area contributed by atoms with E-state index in [4.69, 9.17) is 5.41 Å². The Morgan fingerprint density at radius 3 is 2.56 bits per heavy atom. The molecule has 12 heteroatoms. The van der Waals surface area contributed by atoms with E-state index in [1.54, 1.807) is 6.92 Å². The summed E-state index contributed by atoms with van der Waals surface area (Å²) in [6.45, 7) is 2.32. The molecule has 0 atom stereocenters. The highest BCUT2D eigenvalue weighted by Gasteiger charge is 2.45. The fourth-order valence-electron chi connectivity index (χ4n) is 3.39. The Kier molecular flexibility index (Phi) is 6.44. The highest BCUT2D eigenvalue weighted by atomic mass is 32.2. The van der Waals surface area contributed by atoms with Crippen molar-refractivity contribution in [2.24, 2.45) is 0 Å². The Bertz CT molecular complexity index is 1140. The van der Waals surface area contributed by atoms with Crippen molar-refractivity contribution in [1.29, 1.82) is 5.41 Å². The predicted octanol–water partition coefficient (Wildman–Crippen LogP) is 2.23. The number of nitrogens with zero attached hydrogens (tertiary/aromatic N) is 2. The summed E-state index contributed by atoms with van der Waals surface area (Å²) >= 11 is 0. The average Bonchev–Trinajstić information content (AvgIpc) is 2.64. The number of rotatable bonds is 8. The molecule has 3 N–H and O–H groups in total. The Balaban J connectivity index is 1.88. The molecule has 0 radical (unpaired) electrons. The lowest BCUT2D eigenvalue weighted by molar-refractivity contribution is -0.0528. The molecule has 0 spiro atoms. The molecule has 32 heavy (non-hydrogen) atoms. The van der Waals surface area contributed by atoms with E-state index in [-0.39, 0.29) is 46.1 Å². The first-order chi connectivity index (χ1) is 14.9. The fourth-order valence-corrected chi connectivity index (χ4v) is 5.39. The number of hydrogen-bond donors (Lipinski definition) is 3. The maximum Gasteiger partial charge on any atom is 0.388 e. The van der Waals surface area contributed by atoms with Gasteiger partial charge >= 0.3 is 6.61 Å². The van der Waals surface area contributed by atoms with Crippen LogP contribution in [0.2, 0.25) is 0 Å². The van der Waals surface area contributed by atoms with Crippen molar-refractivity contribution in [2.45, 2.75) is 39.0 Å². The quantitative estimate of drug-likeness (QED) is 0.507. The van der Waals surface area contributed by atoms with E-state index < -0.39 is 27.9 Å². The second-order valence-corrected chi connectivity index (χ2v) is 10.1. The monoisotopic (exact) mass is 467 g/mol. The molecule has 0 unspecified atom stereocenters. The normalized spacial score (nSPS) is 16.3. The third-order valence-corrected chi connectivity index (χ3v) is 6.67. The van der Waals surface area contributed by atoms with Crippen LogP contribution in [0.4, 0.5) is 14.5 Å². The standard InChI is InChI=1S/C20H23F2N5O4S/c1-11(2)25-14-7-12(18(28)27-20(3)9-32(29,30)10-20)8-24-17(14)16(23)13-5-4-6-15(26-13)31-19(21)22/h4-8,11,19,23,25H,9-10H2,1-3H3,(H,27,28). The van der Waals surface area contributed by atoms with Crippen LogP contribution in [0.3, 0.4) is 0 Å². The zero-order valence-corrected chi connectivity index (χ0v) is 18.5. The van der Waals surface area contributed by atoms with Gasteiger partial charge < -0.3 is 15.4 Å². The molecule has 1 aliphatic rings. The summed E-state index contributed by atoms with van der Waals surface area (Å²) in [6, 6.07) is 5.57. The van der Waals surface area contributed by atoms with Crippen molar-refractivity contribution in [2.75, 3.05) is 16.8 Å². The van der Waals surface area contributed by atoms with Crippen LogP contribution in [-0.2, 0) is 9.84 Å². The first kappa shape index (κ1) is 23.5. The molecule has 0 aromatic carbocycles. The van der Waals surface area contributed by atoms with Crippen molar-refractivity contribution in [3.63, 3.8) is 0 Å². The summed E-state index contributed by atoms with van der Waals surface area (Å²) in [4.78, 5) is 20.8. The topological polar surface area (TPSA) is 134 Å². The van der Waals surface area contributed by atoms with Gasteiger partial charge in [-0.05, 0) is 32.9 Å². The summed E-state index contributed by atoms with van der Waals surface area (Å²) < 4.78 is 52.2. The third-order valence-electron chi connectivity index (χ3n) is 4.51. The molecule has 3 heterocycles. The van der Waals surface area contributed by atoms with Gasteiger partial charge in [-0.15, -0.1) is 0 Å². The Labute approximate surface area is 184 Å². The molecule has 0 saturated carbocycles. The first-order valence-electron chi connectivity index (χ1n) is 9.68. The number of amides is 1. The minimum Gasteiger partial charge on any atom is -0.417 e. The summed E-state index contributed by atoms with van der Waals surface area (Å²) in [6.07, 6.45) is 1.26. The lowest BCUT2D eigenvalue weighted by Crippen LogP contribution is -2.63. The lowest BCUT2D eigenvalue weighted by Gasteiger charge is -2.38. The van der Waals surface area contributed by atoms with Crippen molar-refractivity contribution in [3.8, 4) is 5.88 Å². The molecule has 1 fully saturated rings. The Morgan fingerprint density at radius 1 is 1.28 bits per heavy atom. The number of ether oxygens (including phenoxy) is 1. The van der Waals surface area contributed by atoms with Gasteiger partial charge in [-0.1, -0.05) is 6.07 Å². The molecule has 1 aliphatic heterocycles. The van der Waals surface area contributed by atoms with E-state index in [0.717, 1.165) is 0 Å². The molecular weight excluding hydrogens is 444 g/mol. The number of nitrogens with one attached hydrogen (secondary N) is 3. The van der Waals surface area contributed by atoms with Gasteiger partial charge in [0.2, 0.25) is 5.88 Å². The maximum absolute atomic E-state index is 12.7. The van der Waals surface area contributed by atoms with Gasteiger partial charge in [-0.3, -0.25) is 15.2 Å². The molecule has 2 aromatic rings. The van der Waals surface area contributed by atoms with Crippen LogP contribution < -0.4 is 15.4 Å². The molecule has 3 rings (SSSR count). The zero-order valence-electron chi connectivity index (χ0n) is 17.6. The lowest BCUT2D eigenvalue weighted by atomic mass is 10.1. The van der Waals surface area contributed by atoms with Crippen LogP contribution in [0.5, 0.6) is 5.88 Å². The van der Waals surface area contributed by atoms with Crippen LogP contribution >= 0.6 is 0 Å². The van der Waals surface area contributed by atoms with Crippen LogP contribution in [0.15, 0.2) is 30.5 Å². The van der Waals surface area contributed by atoms with E-state index in [1.165, 1.54) is 30.5 Å². The fraction of sp³-hybridized carbons (Fsp3) is 0.400. The van der Waals surface area contributed by atoms with Gasteiger partial charge in [-0.25, -0.2) is 13.4 Å². The largest absolute Gasteiger partial charge is 0.417 e. The average molecular weight is 467 g/mol. The molecule has 9 nitrogen and oxygen atoms in total. The summed E-state index contributed by atoms with van der Waals surface area (Å²) in [5, 5.41) is 14.3. The second-order valence-electron chi connectivity index (χ2n) is 8.08. The number of alkyl halides is 2. The SMILES string of the molecule is CC(C)Nc1cc(C(=O)NC2(C)CS(=O)(=O)C2)cnc1C(=N)c1cccc(OC(F)F)n1. The third kappa shape index (κ3) is 5.55. The number of anilines is 1. The molecule has 172 valence electrons. The minimum atomic E-state index is -3.14. The number of hydrogen-bond acceptors (Lipinski definition) is 8. The molecule has 2 aromatic heterocycles. The number of carbonyl (C=O) groups is 1. The molecule has 0 aliphatic carbocycles. The highest BCUT2D eigenvalue weighted by molar-refractivity contribution is 7.93. The number of aromatic nitrogens is 2. The van der Waals surface area contributed by atoms with Crippen molar-refractivity contribution < 1.29 is 26.7 Å². The van der Waals surface area contributed by atoms with Gasteiger partial charge in [0.15, 0.2) is 9.84 Å². The van der Waals surface area contributed by atoms with Crippen LogP contribution in [-0.4, -0.2) is 59.7 Å². The summed E-state index contributed by atoms with van der Waals surface area (Å²) in [5.74, 6) is -1.10. The van der Waals surface area contributed by atoms with Gasteiger partial charge in [0.1, 0.15) is 11.4 Å². The van der Waals surface area contributed by atoms with E-state index >= 15 is 0 Å². The van der Waals surface area contributed by atoms with Gasteiger partial charge in [0.25, 0.3) is 5.91 Å². The smallest absolute Gasteiger partial charge is 0.388 e. The predicted molar refractivity (Wildman–Crippen MR) is 114 cm³/mol. The van der Waals surface area contributed by atoms with Crippen molar-refractivity contribution in [3.05, 3.63) is 47.4 Å². The zero-order chi connectivity index (χ0) is 23.7. The molecule has 1 amide bonds. The van der Waals surface area contributed by atoms with Gasteiger partial charge in [0.05, 0.1) is 34.0 Å². The Hall–Kier alpha value is -3.15. The van der Waals surface area contributed by atoms with E-state index in [2.05, 4.69) is 25.3 Å². The molecular formula is C20H23F2N5O4S. The second kappa shape index (κ2) is 8.77. The number of sulfone groups is 1. The maximum atomic E-state index is 12.7. The number of halogens is 2. The van der Waals surface area contributed by atoms with Gasteiger partial charge in [-0.2, -0.15) is 8.78 Å². The van der Waals surface area contributed by atoms with Crippen LogP contribution in [0, 0.1) is 5.41 Å². The number of pyridine rings is 2. The van der Waals surface area contributed by atoms with Gasteiger partial charge in [0, 0.05) is 18.3 Å². The summed E-state index contributed by atoms with van der Waals surface area (Å²) in [5.41, 5.74) is -0.232. The van der Waals surface area contributed by atoms with Crippen molar-refractivity contribution in [1.82, 2.24) is 15.3 Å². The van der Waals surface area contributed by atoms with Crippen LogP contribution in [0.1, 0.15) is 42.5 Å². The minimum absolute atomic E-state index is 0.0619. The Morgan fingerprint density at radius 2 is 1.97 bits per heavy atom. The van der Waals surface area contributed by atoms with Crippen LogP contribution in [0.25, 0.3) is 0 Å².